The molecule has 0 saturated heterocycles. The second-order valence-electron chi connectivity index (χ2n) is 3.18. The molecule has 0 spiro atoms. The molecule has 0 saturated carbocycles. The molecule has 0 fully saturated rings. The van der Waals surface area contributed by atoms with Gasteiger partial charge in [-0.1, -0.05) is 11.6 Å². The lowest BCUT2D eigenvalue weighted by atomic mass is 10.2. The molecule has 0 radical (unpaired) electrons. The third-order valence-corrected chi connectivity index (χ3v) is 3.22. The highest BCUT2D eigenvalue weighted by atomic mass is 35.5. The zero-order valence-corrected chi connectivity index (χ0v) is 9.46. The van der Waals surface area contributed by atoms with Gasteiger partial charge in [-0.25, -0.2) is 13.6 Å². The number of hydrogen-bond donors (Lipinski definition) is 2. The average molecular weight is 259 g/mol. The van der Waals surface area contributed by atoms with E-state index in [1.807, 2.05) is 0 Å². The fourth-order valence-corrected chi connectivity index (χ4v) is 2.09. The van der Waals surface area contributed by atoms with Gasteiger partial charge in [0.25, 0.3) is 0 Å². The van der Waals surface area contributed by atoms with E-state index < -0.39 is 20.7 Å². The summed E-state index contributed by atoms with van der Waals surface area (Å²) in [6, 6.07) is 4.59. The minimum atomic E-state index is -3.99. The molecule has 0 amide bonds. The summed E-state index contributed by atoms with van der Waals surface area (Å²) in [5.41, 5.74) is 0.439. The fourth-order valence-electron chi connectivity index (χ4n) is 1.34. The van der Waals surface area contributed by atoms with Gasteiger partial charge in [-0.2, -0.15) is 0 Å². The van der Waals surface area contributed by atoms with Crippen LogP contribution in [0.2, 0.25) is 5.02 Å². The third kappa shape index (κ3) is 1.82. The number of benzene rings is 1. The standard InChI is InChI=1S/C9H7ClN2O3S/c10-5-1-2-7-6(3-5)9(13)8(4-12-7)16(11,14)15/h1-4H,(H,12,13)(H2,11,14,15). The van der Waals surface area contributed by atoms with Crippen molar-refractivity contribution in [3.63, 3.8) is 0 Å². The highest BCUT2D eigenvalue weighted by Crippen LogP contribution is 2.31. The van der Waals surface area contributed by atoms with Crippen molar-refractivity contribution in [1.82, 2.24) is 4.98 Å². The highest BCUT2D eigenvalue weighted by Gasteiger charge is 2.17. The molecule has 16 heavy (non-hydrogen) atoms. The molecule has 2 rings (SSSR count). The summed E-state index contributed by atoms with van der Waals surface area (Å²) in [6.07, 6.45) is 1.01. The number of primary sulfonamides is 1. The Morgan fingerprint density at radius 3 is 2.69 bits per heavy atom. The van der Waals surface area contributed by atoms with Crippen LogP contribution in [-0.4, -0.2) is 18.5 Å². The molecule has 5 nitrogen and oxygen atoms in total. The number of rotatable bonds is 1. The van der Waals surface area contributed by atoms with Crippen LogP contribution in [0.4, 0.5) is 0 Å². The van der Waals surface area contributed by atoms with Gasteiger partial charge in [0.05, 0.1) is 11.7 Å². The average Bonchev–Trinajstić information content (AvgIpc) is 2.17. The van der Waals surface area contributed by atoms with Crippen LogP contribution in [-0.2, 0) is 10.0 Å². The van der Waals surface area contributed by atoms with Crippen molar-refractivity contribution >= 4 is 32.5 Å². The van der Waals surface area contributed by atoms with Crippen LogP contribution < -0.4 is 5.14 Å². The van der Waals surface area contributed by atoms with Gasteiger partial charge < -0.3 is 5.11 Å². The van der Waals surface area contributed by atoms with E-state index in [2.05, 4.69) is 4.98 Å². The Morgan fingerprint density at radius 1 is 1.38 bits per heavy atom. The summed E-state index contributed by atoms with van der Waals surface area (Å²) in [6.45, 7) is 0. The van der Waals surface area contributed by atoms with E-state index >= 15 is 0 Å². The SMILES string of the molecule is NS(=O)(=O)c1cnc2ccc(Cl)cc2c1O. The molecule has 1 aromatic carbocycles. The molecule has 0 aliphatic heterocycles. The maximum atomic E-state index is 11.1. The quantitative estimate of drug-likeness (QED) is 0.805. The van der Waals surface area contributed by atoms with Crippen molar-refractivity contribution in [1.29, 1.82) is 0 Å². The Hall–Kier alpha value is -1.37. The number of pyridine rings is 1. The molecule has 2 aromatic rings. The Morgan fingerprint density at radius 2 is 2.06 bits per heavy atom. The minimum absolute atomic E-state index is 0.249. The topological polar surface area (TPSA) is 93.3 Å². The number of fused-ring (bicyclic) bond motifs is 1. The van der Waals surface area contributed by atoms with E-state index in [0.29, 0.717) is 10.5 Å². The van der Waals surface area contributed by atoms with Crippen molar-refractivity contribution in [2.45, 2.75) is 4.90 Å². The van der Waals surface area contributed by atoms with E-state index in [1.165, 1.54) is 6.07 Å². The third-order valence-electron chi connectivity index (χ3n) is 2.07. The summed E-state index contributed by atoms with van der Waals surface area (Å²) in [7, 11) is -3.99. The molecule has 1 aromatic heterocycles. The predicted molar refractivity (Wildman–Crippen MR) is 59.8 cm³/mol. The van der Waals surface area contributed by atoms with Crippen LogP contribution in [0.3, 0.4) is 0 Å². The number of aromatic nitrogens is 1. The summed E-state index contributed by atoms with van der Waals surface area (Å²) >= 11 is 5.74. The molecular weight excluding hydrogens is 252 g/mol. The molecule has 84 valence electrons. The molecule has 3 N–H and O–H groups in total. The Bertz CT molecular complexity index is 670. The largest absolute Gasteiger partial charge is 0.506 e. The number of nitrogens with two attached hydrogens (primary N) is 1. The monoisotopic (exact) mass is 258 g/mol. The van der Waals surface area contributed by atoms with Crippen molar-refractivity contribution < 1.29 is 13.5 Å². The van der Waals surface area contributed by atoms with Gasteiger partial charge in [-0.3, -0.25) is 4.98 Å². The second kappa shape index (κ2) is 3.58. The molecule has 7 heteroatoms. The van der Waals surface area contributed by atoms with E-state index in [9.17, 15) is 13.5 Å². The lowest BCUT2D eigenvalue weighted by Gasteiger charge is -2.05. The first-order valence-electron chi connectivity index (χ1n) is 4.19. The predicted octanol–water partition coefficient (Wildman–Crippen LogP) is 1.24. The number of nitrogens with zero attached hydrogens (tertiary/aromatic N) is 1. The molecular formula is C9H7ClN2O3S. The van der Waals surface area contributed by atoms with Crippen LogP contribution in [0.15, 0.2) is 29.3 Å². The number of aromatic hydroxyl groups is 1. The first-order valence-corrected chi connectivity index (χ1v) is 6.12. The molecule has 0 aliphatic carbocycles. The molecule has 0 unspecified atom stereocenters. The van der Waals surface area contributed by atoms with Crippen LogP contribution in [0, 0.1) is 0 Å². The Labute approximate surface area is 96.5 Å². The van der Waals surface area contributed by atoms with Crippen molar-refractivity contribution in [2.75, 3.05) is 0 Å². The number of halogens is 1. The molecule has 0 atom stereocenters. The van der Waals surface area contributed by atoms with Crippen molar-refractivity contribution in [3.8, 4) is 5.75 Å². The van der Waals surface area contributed by atoms with Gasteiger partial charge in [0.2, 0.25) is 10.0 Å². The minimum Gasteiger partial charge on any atom is -0.506 e. The van der Waals surface area contributed by atoms with Crippen molar-refractivity contribution in [3.05, 3.63) is 29.4 Å². The van der Waals surface area contributed by atoms with Crippen LogP contribution in [0.25, 0.3) is 10.9 Å². The van der Waals surface area contributed by atoms with E-state index in [1.54, 1.807) is 12.1 Å². The summed E-state index contributed by atoms with van der Waals surface area (Å²) in [5, 5.41) is 15.3. The summed E-state index contributed by atoms with van der Waals surface area (Å²) < 4.78 is 22.3. The second-order valence-corrected chi connectivity index (χ2v) is 5.14. The zero-order chi connectivity index (χ0) is 11.9. The Balaban J connectivity index is 2.89. The lowest BCUT2D eigenvalue weighted by molar-refractivity contribution is 0.464. The maximum absolute atomic E-state index is 11.1. The normalized spacial score (nSPS) is 11.9. The Kier molecular flexibility index (Phi) is 2.49. The van der Waals surface area contributed by atoms with Gasteiger partial charge in [-0.05, 0) is 18.2 Å². The maximum Gasteiger partial charge on any atom is 0.243 e. The molecule has 1 heterocycles. The summed E-state index contributed by atoms with van der Waals surface area (Å²) in [5.74, 6) is -0.435. The van der Waals surface area contributed by atoms with Gasteiger partial charge in [-0.15, -0.1) is 0 Å². The van der Waals surface area contributed by atoms with Crippen LogP contribution in [0.5, 0.6) is 5.75 Å². The smallest absolute Gasteiger partial charge is 0.243 e. The number of hydrogen-bond acceptors (Lipinski definition) is 4. The first-order chi connectivity index (χ1) is 7.39. The highest BCUT2D eigenvalue weighted by molar-refractivity contribution is 7.89. The van der Waals surface area contributed by atoms with Crippen LogP contribution in [0.1, 0.15) is 0 Å². The van der Waals surface area contributed by atoms with E-state index in [-0.39, 0.29) is 5.39 Å². The lowest BCUT2D eigenvalue weighted by Crippen LogP contribution is -2.12. The van der Waals surface area contributed by atoms with Gasteiger partial charge >= 0.3 is 0 Å². The van der Waals surface area contributed by atoms with Gasteiger partial charge in [0, 0.05) is 10.4 Å². The molecule has 0 bridgehead atoms. The zero-order valence-electron chi connectivity index (χ0n) is 7.88. The molecule has 0 aliphatic rings. The van der Waals surface area contributed by atoms with E-state index in [4.69, 9.17) is 16.7 Å². The first kappa shape index (κ1) is 11.1. The van der Waals surface area contributed by atoms with Gasteiger partial charge in [0.1, 0.15) is 10.6 Å². The number of sulfonamides is 1. The van der Waals surface area contributed by atoms with Gasteiger partial charge in [0.15, 0.2) is 0 Å². The van der Waals surface area contributed by atoms with E-state index in [0.717, 1.165) is 6.20 Å². The van der Waals surface area contributed by atoms with Crippen LogP contribution >= 0.6 is 11.6 Å². The van der Waals surface area contributed by atoms with Crippen molar-refractivity contribution in [2.24, 2.45) is 5.14 Å². The summed E-state index contributed by atoms with van der Waals surface area (Å²) in [4.78, 5) is 3.46. The fraction of sp³-hybridized carbons (Fsp3) is 0.